The number of unbranched alkanes of at least 4 members (excludes halogenated alkanes) is 20. The molecule has 0 bridgehead atoms. The van der Waals surface area contributed by atoms with Crippen molar-refractivity contribution in [2.45, 2.75) is 206 Å². The number of aliphatic hydroxyl groups excluding tert-OH is 4. The summed E-state index contributed by atoms with van der Waals surface area (Å²) in [6.07, 6.45) is 20.7. The summed E-state index contributed by atoms with van der Waals surface area (Å²) in [6.45, 7) is 12.1. The van der Waals surface area contributed by atoms with Crippen molar-refractivity contribution < 1.29 is 39.6 Å². The summed E-state index contributed by atoms with van der Waals surface area (Å²) < 4.78 is 0. The molecule has 68 heavy (non-hydrogen) atoms. The van der Waals surface area contributed by atoms with Gasteiger partial charge in [0.1, 0.15) is 24.4 Å². The third-order valence-electron chi connectivity index (χ3n) is 13.4. The molecule has 0 aliphatic rings. The second-order valence-corrected chi connectivity index (χ2v) is 20.0. The Morgan fingerprint density at radius 3 is 0.691 bits per heavy atom. The highest BCUT2D eigenvalue weighted by molar-refractivity contribution is 5.82. The monoisotopic (exact) mass is 970 g/mol. The molecule has 0 spiro atoms. The predicted octanol–water partition coefficient (Wildman–Crippen LogP) is 6.24. The van der Waals surface area contributed by atoms with E-state index in [-0.39, 0.29) is 26.2 Å². The fourth-order valence-corrected chi connectivity index (χ4v) is 8.52. The predicted molar refractivity (Wildman–Crippen MR) is 278 cm³/mol. The molecule has 0 aliphatic carbocycles. The van der Waals surface area contributed by atoms with Crippen molar-refractivity contribution in [3.8, 4) is 0 Å². The van der Waals surface area contributed by atoms with E-state index in [0.717, 1.165) is 77.0 Å². The number of carbonyl (C=O) groups is 4. The Morgan fingerprint density at radius 2 is 0.485 bits per heavy atom. The van der Waals surface area contributed by atoms with Gasteiger partial charge in [0.05, 0.1) is 0 Å². The van der Waals surface area contributed by atoms with E-state index >= 15 is 0 Å². The van der Waals surface area contributed by atoms with Gasteiger partial charge in [0.15, 0.2) is 0 Å². The van der Waals surface area contributed by atoms with Crippen molar-refractivity contribution in [1.82, 2.24) is 34.3 Å². The number of aliphatic hydroxyl groups is 4. The Balaban J connectivity index is 5.93. The molecule has 4 N–H and O–H groups in total. The summed E-state index contributed by atoms with van der Waals surface area (Å²) in [5, 5.41) is 44.9. The van der Waals surface area contributed by atoms with Gasteiger partial charge >= 0.3 is 0 Å². The van der Waals surface area contributed by atoms with E-state index in [1.54, 1.807) is 57.6 Å². The maximum absolute atomic E-state index is 13.4. The van der Waals surface area contributed by atoms with Crippen molar-refractivity contribution in [3.05, 3.63) is 0 Å². The molecular formula is C53H107N7O8. The molecule has 0 aromatic rings. The van der Waals surface area contributed by atoms with Gasteiger partial charge in [0.25, 0.3) is 23.6 Å². The third-order valence-corrected chi connectivity index (χ3v) is 13.4. The standard InChI is InChI=1S/C53H107N7O8/c1-10-14-18-22-26-30-34-55(6)50(65)46(61)42-59(43-47(62)51(66)56(7)35-31-27-23-19-15-11-2)40-38-54(5)39-41-60(44-48(63)52(67)57(8)36-32-28-24-20-16-12-3)45-49(64)53(68)58(9)37-33-29-25-21-17-13-4/h46-49,61-64H,10-45H2,1-9H3. The molecule has 0 rings (SSSR count). The number of hydrogen-bond donors (Lipinski definition) is 4. The van der Waals surface area contributed by atoms with Crippen LogP contribution in [0.4, 0.5) is 0 Å². The Hall–Kier alpha value is -2.40. The van der Waals surface area contributed by atoms with Gasteiger partial charge in [-0.05, 0) is 32.7 Å². The molecular weight excluding hydrogens is 863 g/mol. The largest absolute Gasteiger partial charge is 0.382 e. The van der Waals surface area contributed by atoms with Crippen LogP contribution in [0, 0.1) is 0 Å². The maximum Gasteiger partial charge on any atom is 0.252 e. The molecule has 4 unspecified atom stereocenters. The van der Waals surface area contributed by atoms with Crippen molar-refractivity contribution in [3.63, 3.8) is 0 Å². The summed E-state index contributed by atoms with van der Waals surface area (Å²) in [5.41, 5.74) is 0. The van der Waals surface area contributed by atoms with Gasteiger partial charge in [-0.1, -0.05) is 156 Å². The van der Waals surface area contributed by atoms with Gasteiger partial charge in [-0.25, -0.2) is 0 Å². The van der Waals surface area contributed by atoms with Crippen LogP contribution in [0.2, 0.25) is 0 Å². The van der Waals surface area contributed by atoms with Gasteiger partial charge < -0.3 is 44.9 Å². The zero-order chi connectivity index (χ0) is 51.1. The highest BCUT2D eigenvalue weighted by atomic mass is 16.3. The molecule has 0 heterocycles. The SMILES string of the molecule is CCCCCCCCN(C)C(=O)C(O)CN(CCN(C)CCN(CC(O)C(=O)N(C)CCCCCCCC)CC(O)C(=O)N(C)CCCCCCCC)CC(O)C(=O)N(C)CCCCCCCC. The zero-order valence-corrected chi connectivity index (χ0v) is 45.3. The number of hydrogen-bond acceptors (Lipinski definition) is 11. The summed E-state index contributed by atoms with van der Waals surface area (Å²) in [4.78, 5) is 65.2. The number of rotatable bonds is 46. The van der Waals surface area contributed by atoms with Crippen LogP contribution in [-0.2, 0) is 19.2 Å². The molecule has 0 radical (unpaired) electrons. The van der Waals surface area contributed by atoms with Gasteiger partial charge in [-0.15, -0.1) is 0 Å². The van der Waals surface area contributed by atoms with Crippen LogP contribution in [-0.4, -0.2) is 217 Å². The lowest BCUT2D eigenvalue weighted by molar-refractivity contribution is -0.143. The van der Waals surface area contributed by atoms with Crippen LogP contribution < -0.4 is 0 Å². The average molecular weight is 970 g/mol. The minimum absolute atomic E-state index is 0.0632. The first-order chi connectivity index (χ1) is 32.5. The van der Waals surface area contributed by atoms with E-state index in [0.29, 0.717) is 52.4 Å². The van der Waals surface area contributed by atoms with E-state index < -0.39 is 48.0 Å². The first-order valence-corrected chi connectivity index (χ1v) is 27.4. The van der Waals surface area contributed by atoms with Crippen LogP contribution in [0.15, 0.2) is 0 Å². The zero-order valence-electron chi connectivity index (χ0n) is 45.3. The fraction of sp³-hybridized carbons (Fsp3) is 0.925. The lowest BCUT2D eigenvalue weighted by Crippen LogP contribution is -2.51. The molecule has 4 amide bonds. The highest BCUT2D eigenvalue weighted by Gasteiger charge is 2.29. The van der Waals surface area contributed by atoms with E-state index in [1.807, 2.05) is 11.9 Å². The molecule has 4 atom stereocenters. The quantitative estimate of drug-likeness (QED) is 0.0510. The lowest BCUT2D eigenvalue weighted by atomic mass is 10.1. The fourth-order valence-electron chi connectivity index (χ4n) is 8.52. The van der Waals surface area contributed by atoms with Crippen molar-refractivity contribution >= 4 is 23.6 Å². The van der Waals surface area contributed by atoms with E-state index in [2.05, 4.69) is 27.7 Å². The van der Waals surface area contributed by atoms with Gasteiger partial charge in [0, 0.05) is 107 Å². The molecule has 0 aromatic carbocycles. The number of carbonyl (C=O) groups excluding carboxylic acids is 4. The van der Waals surface area contributed by atoms with Crippen molar-refractivity contribution in [2.24, 2.45) is 0 Å². The van der Waals surface area contributed by atoms with Crippen LogP contribution >= 0.6 is 0 Å². The smallest absolute Gasteiger partial charge is 0.252 e. The average Bonchev–Trinajstić information content (AvgIpc) is 3.32. The van der Waals surface area contributed by atoms with E-state index in [9.17, 15) is 39.6 Å². The Morgan fingerprint density at radius 1 is 0.294 bits per heavy atom. The van der Waals surface area contributed by atoms with E-state index in [1.165, 1.54) is 77.0 Å². The maximum atomic E-state index is 13.4. The van der Waals surface area contributed by atoms with Crippen molar-refractivity contribution in [2.75, 3.05) is 114 Å². The molecule has 0 aliphatic heterocycles. The van der Waals surface area contributed by atoms with Gasteiger partial charge in [0.2, 0.25) is 0 Å². The second-order valence-electron chi connectivity index (χ2n) is 20.0. The number of likely N-dealkylation sites (N-methyl/N-ethyl adjacent to an activating group) is 5. The molecule has 15 nitrogen and oxygen atoms in total. The number of amides is 4. The van der Waals surface area contributed by atoms with Crippen LogP contribution in [0.3, 0.4) is 0 Å². The lowest BCUT2D eigenvalue weighted by Gasteiger charge is -2.32. The summed E-state index contributed by atoms with van der Waals surface area (Å²) in [6, 6.07) is 0. The summed E-state index contributed by atoms with van der Waals surface area (Å²) >= 11 is 0. The topological polar surface area (TPSA) is 172 Å². The van der Waals surface area contributed by atoms with Crippen molar-refractivity contribution in [1.29, 1.82) is 0 Å². The van der Waals surface area contributed by atoms with Crippen LogP contribution in [0.25, 0.3) is 0 Å². The van der Waals surface area contributed by atoms with E-state index in [4.69, 9.17) is 0 Å². The molecule has 0 aromatic heterocycles. The molecule has 0 saturated heterocycles. The van der Waals surface area contributed by atoms with Crippen LogP contribution in [0.5, 0.6) is 0 Å². The van der Waals surface area contributed by atoms with Crippen LogP contribution in [0.1, 0.15) is 182 Å². The number of nitrogens with zero attached hydrogens (tertiary/aromatic N) is 7. The van der Waals surface area contributed by atoms with Gasteiger partial charge in [-0.2, -0.15) is 0 Å². The minimum atomic E-state index is -1.35. The molecule has 402 valence electrons. The van der Waals surface area contributed by atoms with Gasteiger partial charge in [-0.3, -0.25) is 29.0 Å². The summed E-state index contributed by atoms with van der Waals surface area (Å²) in [7, 11) is 8.70. The molecule has 15 heteroatoms. The first kappa shape index (κ1) is 65.6. The third kappa shape index (κ3) is 32.5. The Labute approximate surface area is 416 Å². The second kappa shape index (κ2) is 42.3. The summed E-state index contributed by atoms with van der Waals surface area (Å²) in [5.74, 6) is -1.59. The first-order valence-electron chi connectivity index (χ1n) is 27.4. The highest BCUT2D eigenvalue weighted by Crippen LogP contribution is 2.12. The minimum Gasteiger partial charge on any atom is -0.382 e. The molecule has 0 fully saturated rings. The molecule has 0 saturated carbocycles. The Kier molecular flexibility index (Phi) is 40.8. The normalized spacial score (nSPS) is 13.5. The Bertz CT molecular complexity index is 1090.